The zero-order chi connectivity index (χ0) is 29.1. The molecule has 0 saturated carbocycles. The number of ether oxygens (including phenoxy) is 2. The number of aromatic amines is 1. The molecule has 1 amide bonds. The van der Waals surface area contributed by atoms with Crippen LogP contribution in [0.1, 0.15) is 26.4 Å². The number of methoxy groups -OCH3 is 1. The summed E-state index contributed by atoms with van der Waals surface area (Å²) in [6.45, 7) is 0. The molecule has 0 fully saturated rings. The van der Waals surface area contributed by atoms with Crippen LogP contribution in [0.4, 0.5) is 0 Å². The first-order valence-corrected chi connectivity index (χ1v) is 14.3. The van der Waals surface area contributed by atoms with E-state index in [0.29, 0.717) is 37.0 Å². The molecule has 0 radical (unpaired) electrons. The average Bonchev–Trinajstić information content (AvgIpc) is 3.35. The van der Waals surface area contributed by atoms with E-state index in [1.54, 1.807) is 36.4 Å². The number of halogens is 4. The van der Waals surface area contributed by atoms with Crippen molar-refractivity contribution in [3.05, 3.63) is 115 Å². The Morgan fingerprint density at radius 2 is 1.73 bits per heavy atom. The van der Waals surface area contributed by atoms with Crippen LogP contribution in [0.25, 0.3) is 22.0 Å². The van der Waals surface area contributed by atoms with Gasteiger partial charge in [0.25, 0.3) is 5.91 Å². The Bertz CT molecular complexity index is 1840. The summed E-state index contributed by atoms with van der Waals surface area (Å²) in [7, 11) is 1.45. The number of hydrazone groups is 1. The molecule has 2 N–H and O–H groups in total. The van der Waals surface area contributed by atoms with Gasteiger partial charge in [0.1, 0.15) is 22.8 Å². The van der Waals surface area contributed by atoms with Gasteiger partial charge in [-0.25, -0.2) is 10.2 Å². The number of rotatable bonds is 7. The minimum Gasteiger partial charge on any atom is -0.496 e. The third-order valence-electron chi connectivity index (χ3n) is 6.08. The molecule has 41 heavy (non-hydrogen) atoms. The number of hydrogen-bond acceptors (Lipinski definition) is 5. The number of carbonyl (C=O) groups excluding carboxylic acids is 2. The van der Waals surface area contributed by atoms with E-state index < -0.39 is 11.9 Å². The Morgan fingerprint density at radius 1 is 0.951 bits per heavy atom. The molecule has 0 spiro atoms. The fourth-order valence-corrected chi connectivity index (χ4v) is 5.47. The van der Waals surface area contributed by atoms with Gasteiger partial charge in [-0.15, -0.1) is 0 Å². The van der Waals surface area contributed by atoms with Crippen LogP contribution in [-0.2, 0) is 0 Å². The van der Waals surface area contributed by atoms with Crippen LogP contribution in [0.3, 0.4) is 0 Å². The summed E-state index contributed by atoms with van der Waals surface area (Å²) in [5, 5.41) is 5.83. The summed E-state index contributed by atoms with van der Waals surface area (Å²) in [6.07, 6.45) is 1.38. The van der Waals surface area contributed by atoms with Gasteiger partial charge in [-0.3, -0.25) is 4.79 Å². The van der Waals surface area contributed by atoms with Crippen molar-refractivity contribution < 1.29 is 19.1 Å². The molecule has 0 unspecified atom stereocenters. The van der Waals surface area contributed by atoms with Crippen molar-refractivity contribution in [3.8, 4) is 22.6 Å². The Hall–Kier alpha value is -3.63. The molecule has 4 aromatic carbocycles. The lowest BCUT2D eigenvalue weighted by Crippen LogP contribution is -2.19. The minimum atomic E-state index is -0.668. The van der Waals surface area contributed by atoms with Crippen molar-refractivity contribution >= 4 is 84.1 Å². The van der Waals surface area contributed by atoms with E-state index in [1.807, 2.05) is 36.4 Å². The molecule has 1 aromatic heterocycles. The van der Waals surface area contributed by atoms with Crippen molar-refractivity contribution in [2.75, 3.05) is 7.11 Å². The van der Waals surface area contributed by atoms with E-state index >= 15 is 0 Å². The van der Waals surface area contributed by atoms with Gasteiger partial charge in [-0.05, 0) is 64.5 Å². The Kier molecular flexibility index (Phi) is 8.79. The number of hydrogen-bond donors (Lipinski definition) is 2. The molecule has 0 bridgehead atoms. The lowest BCUT2D eigenvalue weighted by Gasteiger charge is -2.11. The number of carbonyl (C=O) groups is 2. The van der Waals surface area contributed by atoms with Gasteiger partial charge in [0.05, 0.1) is 18.8 Å². The van der Waals surface area contributed by atoms with E-state index in [2.05, 4.69) is 47.4 Å². The molecule has 7 nitrogen and oxygen atoms in total. The maximum absolute atomic E-state index is 13.4. The highest BCUT2D eigenvalue weighted by Crippen LogP contribution is 2.38. The normalized spacial score (nSPS) is 11.1. The highest BCUT2D eigenvalue weighted by molar-refractivity contribution is 9.11. The summed E-state index contributed by atoms with van der Waals surface area (Å²) >= 11 is 19.5. The van der Waals surface area contributed by atoms with E-state index in [-0.39, 0.29) is 17.0 Å². The summed E-state index contributed by atoms with van der Waals surface area (Å²) in [6, 6.07) is 22.6. The first-order chi connectivity index (χ1) is 19.8. The Labute approximate surface area is 261 Å². The van der Waals surface area contributed by atoms with Gasteiger partial charge in [0.2, 0.25) is 0 Å². The molecule has 0 aliphatic heterocycles. The smallest absolute Gasteiger partial charge is 0.347 e. The molecule has 0 saturated heterocycles. The first kappa shape index (κ1) is 28.9. The van der Waals surface area contributed by atoms with Crippen LogP contribution in [0.2, 0.25) is 10.0 Å². The third-order valence-corrected chi connectivity index (χ3v) is 7.80. The second-order valence-corrected chi connectivity index (χ2v) is 11.2. The van der Waals surface area contributed by atoms with Crippen molar-refractivity contribution in [2.24, 2.45) is 5.10 Å². The van der Waals surface area contributed by atoms with Gasteiger partial charge in [-0.2, -0.15) is 5.10 Å². The number of benzene rings is 4. The summed E-state index contributed by atoms with van der Waals surface area (Å²) in [4.78, 5) is 29.6. The van der Waals surface area contributed by atoms with E-state index in [0.717, 1.165) is 15.4 Å². The standard InChI is InChI=1S/C30H19Br2Cl2N3O4/c1-40-25-12-10-18(33)14-21(25)30(39)41-24-11-9-17(31)13-16(24)15-35-37-29(38)28-26(19-5-2-3-8-23(19)34)20-6-4-7-22(32)27(20)36-28/h2-15,36H,1H3,(H,37,38). The predicted octanol–water partition coefficient (Wildman–Crippen LogP) is 8.66. The van der Waals surface area contributed by atoms with Crippen LogP contribution >= 0.6 is 55.1 Å². The fraction of sp³-hybridized carbons (Fsp3) is 0.0333. The molecule has 5 rings (SSSR count). The number of amides is 1. The van der Waals surface area contributed by atoms with Gasteiger partial charge in [0.15, 0.2) is 0 Å². The third kappa shape index (κ3) is 6.18. The Morgan fingerprint density at radius 3 is 2.51 bits per heavy atom. The zero-order valence-corrected chi connectivity index (χ0v) is 25.9. The van der Waals surface area contributed by atoms with E-state index in [4.69, 9.17) is 32.7 Å². The molecule has 0 aliphatic carbocycles. The predicted molar refractivity (Wildman–Crippen MR) is 169 cm³/mol. The van der Waals surface area contributed by atoms with Gasteiger partial charge >= 0.3 is 5.97 Å². The van der Waals surface area contributed by atoms with E-state index in [1.165, 1.54) is 19.4 Å². The number of H-pyrrole nitrogens is 1. The molecule has 11 heteroatoms. The highest BCUT2D eigenvalue weighted by atomic mass is 79.9. The lowest BCUT2D eigenvalue weighted by atomic mass is 10.0. The molecule has 1 heterocycles. The van der Waals surface area contributed by atoms with Crippen molar-refractivity contribution in [1.82, 2.24) is 10.4 Å². The monoisotopic (exact) mass is 713 g/mol. The van der Waals surface area contributed by atoms with Crippen LogP contribution in [0, 0.1) is 0 Å². The number of esters is 1. The van der Waals surface area contributed by atoms with Crippen molar-refractivity contribution in [1.29, 1.82) is 0 Å². The van der Waals surface area contributed by atoms with Crippen molar-refractivity contribution in [2.45, 2.75) is 0 Å². The number of nitrogens with one attached hydrogen (secondary N) is 2. The second kappa shape index (κ2) is 12.5. The van der Waals surface area contributed by atoms with E-state index in [9.17, 15) is 9.59 Å². The SMILES string of the molecule is COc1ccc(Cl)cc1C(=O)Oc1ccc(Br)cc1C=NNC(=O)c1[nH]c2c(Br)cccc2c1-c1ccccc1Cl. The maximum Gasteiger partial charge on any atom is 0.347 e. The van der Waals surface area contributed by atoms with Crippen LogP contribution in [0.5, 0.6) is 11.5 Å². The summed E-state index contributed by atoms with van der Waals surface area (Å²) in [5.74, 6) is -0.627. The van der Waals surface area contributed by atoms with Gasteiger partial charge in [-0.1, -0.05) is 69.5 Å². The molecule has 0 aliphatic rings. The number of fused-ring (bicyclic) bond motifs is 1. The van der Waals surface area contributed by atoms with Crippen LogP contribution in [-0.4, -0.2) is 30.2 Å². The summed E-state index contributed by atoms with van der Waals surface area (Å²) < 4.78 is 12.4. The zero-order valence-electron chi connectivity index (χ0n) is 21.2. The van der Waals surface area contributed by atoms with Crippen LogP contribution < -0.4 is 14.9 Å². The average molecular weight is 716 g/mol. The largest absolute Gasteiger partial charge is 0.496 e. The number of para-hydroxylation sites is 1. The van der Waals surface area contributed by atoms with Crippen LogP contribution in [0.15, 0.2) is 92.9 Å². The maximum atomic E-state index is 13.4. The Balaban J connectivity index is 1.44. The minimum absolute atomic E-state index is 0.163. The highest BCUT2D eigenvalue weighted by Gasteiger charge is 2.22. The summed E-state index contributed by atoms with van der Waals surface area (Å²) in [5.41, 5.74) is 5.53. The van der Waals surface area contributed by atoms with Gasteiger partial charge < -0.3 is 14.5 Å². The lowest BCUT2D eigenvalue weighted by molar-refractivity contribution is 0.0730. The number of nitrogens with zero attached hydrogens (tertiary/aromatic N) is 1. The second-order valence-electron chi connectivity index (χ2n) is 8.63. The van der Waals surface area contributed by atoms with Crippen molar-refractivity contribution in [3.63, 3.8) is 0 Å². The fourth-order valence-electron chi connectivity index (χ4n) is 4.22. The van der Waals surface area contributed by atoms with Gasteiger partial charge in [0, 0.05) is 41.1 Å². The molecular formula is C30H19Br2Cl2N3O4. The molecule has 0 atom stereocenters. The molecular weight excluding hydrogens is 697 g/mol. The molecule has 5 aromatic rings. The number of aromatic nitrogens is 1. The quantitative estimate of drug-likeness (QED) is 0.0764. The molecule has 206 valence electrons. The first-order valence-electron chi connectivity index (χ1n) is 12.0. The topological polar surface area (TPSA) is 92.8 Å².